The number of aryl methyl sites for hydroxylation is 1. The van der Waals surface area contributed by atoms with E-state index in [-0.39, 0.29) is 18.3 Å². The zero-order valence-corrected chi connectivity index (χ0v) is 14.4. The molecule has 0 radical (unpaired) electrons. The highest BCUT2D eigenvalue weighted by Gasteiger charge is 2.17. The molecule has 2 aromatic rings. The molecule has 0 saturated heterocycles. The lowest BCUT2D eigenvalue weighted by Crippen LogP contribution is -2.30. The van der Waals surface area contributed by atoms with E-state index in [2.05, 4.69) is 21.2 Å². The monoisotopic (exact) mass is 381 g/mol. The summed E-state index contributed by atoms with van der Waals surface area (Å²) in [6, 6.07) is 11.1. The van der Waals surface area contributed by atoms with Crippen LogP contribution in [-0.4, -0.2) is 18.0 Å². The van der Waals surface area contributed by atoms with Gasteiger partial charge in [0.1, 0.15) is 0 Å². The molecule has 6 heteroatoms. The molecule has 1 aromatic heterocycles. The first-order valence-corrected chi connectivity index (χ1v) is 8.50. The van der Waals surface area contributed by atoms with Gasteiger partial charge < -0.3 is 10.1 Å². The second-order valence-electron chi connectivity index (χ2n) is 4.71. The molecule has 1 N–H and O–H groups in total. The van der Waals surface area contributed by atoms with Crippen LogP contribution in [0.15, 0.2) is 46.3 Å². The van der Waals surface area contributed by atoms with Gasteiger partial charge in [-0.05, 0) is 49.1 Å². The Kier molecular flexibility index (Phi) is 6.15. The van der Waals surface area contributed by atoms with Crippen LogP contribution >= 0.6 is 27.3 Å². The summed E-state index contributed by atoms with van der Waals surface area (Å²) in [5.74, 6) is -0.710. The van der Waals surface area contributed by atoms with Gasteiger partial charge in [-0.1, -0.05) is 22.0 Å². The number of halogens is 1. The van der Waals surface area contributed by atoms with E-state index in [0.29, 0.717) is 12.1 Å². The topological polar surface area (TPSA) is 55.4 Å². The Morgan fingerprint density at radius 2 is 2.00 bits per heavy atom. The van der Waals surface area contributed by atoms with E-state index in [9.17, 15) is 9.59 Å². The van der Waals surface area contributed by atoms with Crippen LogP contribution in [0.25, 0.3) is 0 Å². The van der Waals surface area contributed by atoms with Crippen molar-refractivity contribution in [3.05, 3.63) is 51.1 Å². The molecule has 1 heterocycles. The highest BCUT2D eigenvalue weighted by molar-refractivity contribution is 9.10. The fourth-order valence-electron chi connectivity index (χ4n) is 1.77. The standard InChI is InChI=1S/C16H16BrNO3S/c1-11(16(20)18-13-6-4-12(17)5-7-13)21-15(19)9-8-14-3-2-10-22-14/h2-7,10-11H,8-9H2,1H3,(H,18,20)/t11-/m0/s1. The summed E-state index contributed by atoms with van der Waals surface area (Å²) in [4.78, 5) is 24.8. The third-order valence-corrected chi connectivity index (χ3v) is 4.41. The van der Waals surface area contributed by atoms with Gasteiger partial charge in [0.15, 0.2) is 6.10 Å². The smallest absolute Gasteiger partial charge is 0.306 e. The Morgan fingerprint density at radius 3 is 2.64 bits per heavy atom. The van der Waals surface area contributed by atoms with Crippen LogP contribution in [0.1, 0.15) is 18.2 Å². The number of ether oxygens (including phenoxy) is 1. The molecule has 0 unspecified atom stereocenters. The van der Waals surface area contributed by atoms with Crippen LogP contribution in [0.4, 0.5) is 5.69 Å². The average Bonchev–Trinajstić information content (AvgIpc) is 3.01. The number of benzene rings is 1. The predicted octanol–water partition coefficient (Wildman–Crippen LogP) is 4.01. The second kappa shape index (κ2) is 8.10. The number of carbonyl (C=O) groups excluding carboxylic acids is 2. The number of amides is 1. The normalized spacial score (nSPS) is 11.7. The van der Waals surface area contributed by atoms with Crippen LogP contribution in [0, 0.1) is 0 Å². The minimum absolute atomic E-state index is 0.274. The van der Waals surface area contributed by atoms with Crippen LogP contribution in [0.5, 0.6) is 0 Å². The van der Waals surface area contributed by atoms with Gasteiger partial charge in [0, 0.05) is 15.0 Å². The fraction of sp³-hybridized carbons (Fsp3) is 0.250. The third kappa shape index (κ3) is 5.27. The van der Waals surface area contributed by atoms with Crippen molar-refractivity contribution in [2.75, 3.05) is 5.32 Å². The van der Waals surface area contributed by atoms with E-state index in [1.54, 1.807) is 30.4 Å². The summed E-state index contributed by atoms with van der Waals surface area (Å²) in [7, 11) is 0. The van der Waals surface area contributed by atoms with E-state index >= 15 is 0 Å². The van der Waals surface area contributed by atoms with Gasteiger partial charge in [-0.3, -0.25) is 9.59 Å². The van der Waals surface area contributed by atoms with Crippen molar-refractivity contribution < 1.29 is 14.3 Å². The van der Waals surface area contributed by atoms with Gasteiger partial charge in [0.2, 0.25) is 0 Å². The number of hydrogen-bond acceptors (Lipinski definition) is 4. The number of rotatable bonds is 6. The molecule has 22 heavy (non-hydrogen) atoms. The van der Waals surface area contributed by atoms with E-state index in [1.807, 2.05) is 29.6 Å². The Hall–Kier alpha value is -1.66. The second-order valence-corrected chi connectivity index (χ2v) is 6.66. The molecule has 0 bridgehead atoms. The maximum atomic E-state index is 12.0. The third-order valence-electron chi connectivity index (χ3n) is 2.94. The predicted molar refractivity (Wildman–Crippen MR) is 91.0 cm³/mol. The van der Waals surface area contributed by atoms with E-state index < -0.39 is 6.10 Å². The lowest BCUT2D eigenvalue weighted by Gasteiger charge is -2.13. The zero-order chi connectivity index (χ0) is 15.9. The van der Waals surface area contributed by atoms with E-state index in [0.717, 1.165) is 9.35 Å². The number of thiophene rings is 1. The zero-order valence-electron chi connectivity index (χ0n) is 12.0. The van der Waals surface area contributed by atoms with Crippen LogP contribution < -0.4 is 5.32 Å². The molecule has 0 aliphatic rings. The van der Waals surface area contributed by atoms with E-state index in [1.165, 1.54) is 0 Å². The van der Waals surface area contributed by atoms with E-state index in [4.69, 9.17) is 4.74 Å². The minimum Gasteiger partial charge on any atom is -0.453 e. The maximum absolute atomic E-state index is 12.0. The van der Waals surface area contributed by atoms with Gasteiger partial charge in [-0.2, -0.15) is 0 Å². The first-order chi connectivity index (χ1) is 10.5. The van der Waals surface area contributed by atoms with Crippen molar-refractivity contribution in [2.24, 2.45) is 0 Å². The van der Waals surface area contributed by atoms with Crippen molar-refractivity contribution in [2.45, 2.75) is 25.9 Å². The number of carbonyl (C=O) groups is 2. The Morgan fingerprint density at radius 1 is 1.27 bits per heavy atom. The molecule has 0 spiro atoms. The lowest BCUT2D eigenvalue weighted by molar-refractivity contribution is -0.153. The Labute approximate surface area is 141 Å². The van der Waals surface area contributed by atoms with Crippen LogP contribution in [0.3, 0.4) is 0 Å². The fourth-order valence-corrected chi connectivity index (χ4v) is 2.74. The molecule has 0 aliphatic heterocycles. The first-order valence-electron chi connectivity index (χ1n) is 6.83. The summed E-state index contributed by atoms with van der Waals surface area (Å²) in [5.41, 5.74) is 0.662. The lowest BCUT2D eigenvalue weighted by atomic mass is 10.2. The minimum atomic E-state index is -0.820. The SMILES string of the molecule is C[C@H](OC(=O)CCc1cccs1)C(=O)Nc1ccc(Br)cc1. The number of hydrogen-bond donors (Lipinski definition) is 1. The highest BCUT2D eigenvalue weighted by atomic mass is 79.9. The summed E-state index contributed by atoms with van der Waals surface area (Å²) in [6.07, 6.45) is 0.0908. The quantitative estimate of drug-likeness (QED) is 0.768. The molecule has 1 amide bonds. The number of nitrogens with one attached hydrogen (secondary N) is 1. The van der Waals surface area contributed by atoms with Crippen molar-refractivity contribution in [1.82, 2.24) is 0 Å². The van der Waals surface area contributed by atoms with Crippen LogP contribution in [0.2, 0.25) is 0 Å². The van der Waals surface area contributed by atoms with Crippen molar-refractivity contribution in [3.63, 3.8) is 0 Å². The molecule has 2 rings (SSSR count). The Bertz CT molecular complexity index is 625. The van der Waals surface area contributed by atoms with Gasteiger partial charge in [-0.15, -0.1) is 11.3 Å². The molecule has 116 valence electrons. The summed E-state index contributed by atoms with van der Waals surface area (Å²) < 4.78 is 6.08. The highest BCUT2D eigenvalue weighted by Crippen LogP contribution is 2.15. The molecular weight excluding hydrogens is 366 g/mol. The van der Waals surface area contributed by atoms with Gasteiger partial charge in [0.25, 0.3) is 5.91 Å². The van der Waals surface area contributed by atoms with Crippen molar-refractivity contribution >= 4 is 44.8 Å². The first kappa shape index (κ1) is 16.7. The summed E-state index contributed by atoms with van der Waals surface area (Å²) in [6.45, 7) is 1.57. The number of esters is 1. The Balaban J connectivity index is 1.77. The molecular formula is C16H16BrNO3S. The summed E-state index contributed by atoms with van der Waals surface area (Å²) >= 11 is 4.93. The van der Waals surface area contributed by atoms with Crippen molar-refractivity contribution in [3.8, 4) is 0 Å². The molecule has 0 fully saturated rings. The van der Waals surface area contributed by atoms with Gasteiger partial charge in [0.05, 0.1) is 6.42 Å². The number of anilines is 1. The molecule has 0 saturated carbocycles. The summed E-state index contributed by atoms with van der Waals surface area (Å²) in [5, 5.41) is 4.68. The average molecular weight is 382 g/mol. The largest absolute Gasteiger partial charge is 0.453 e. The van der Waals surface area contributed by atoms with Gasteiger partial charge in [-0.25, -0.2) is 0 Å². The molecule has 1 atom stereocenters. The van der Waals surface area contributed by atoms with Crippen molar-refractivity contribution in [1.29, 1.82) is 0 Å². The maximum Gasteiger partial charge on any atom is 0.306 e. The molecule has 0 aliphatic carbocycles. The van der Waals surface area contributed by atoms with Crippen LogP contribution in [-0.2, 0) is 20.7 Å². The van der Waals surface area contributed by atoms with Gasteiger partial charge >= 0.3 is 5.97 Å². The molecule has 1 aromatic carbocycles. The molecule has 4 nitrogen and oxygen atoms in total.